The topological polar surface area (TPSA) is 17.1 Å². The highest BCUT2D eigenvalue weighted by Crippen LogP contribution is 2.29. The number of hydrogen-bond donors (Lipinski definition) is 0. The lowest BCUT2D eigenvalue weighted by Gasteiger charge is -2.25. The molecule has 0 radical (unpaired) electrons. The molecule has 92 valence electrons. The van der Waals surface area contributed by atoms with Gasteiger partial charge in [-0.15, -0.1) is 0 Å². The third-order valence-corrected chi connectivity index (χ3v) is 4.78. The number of ketones is 1. The normalized spacial score (nSPS) is 23.1. The highest BCUT2D eigenvalue weighted by molar-refractivity contribution is 7.99. The third-order valence-electron chi connectivity index (χ3n) is 3.44. The van der Waals surface area contributed by atoms with Crippen LogP contribution in [0, 0.1) is 11.8 Å². The van der Waals surface area contributed by atoms with Gasteiger partial charge in [-0.25, -0.2) is 0 Å². The minimum Gasteiger partial charge on any atom is -0.295 e. The van der Waals surface area contributed by atoms with Crippen molar-refractivity contribution < 1.29 is 4.79 Å². The second kappa shape index (κ2) is 7.16. The Balaban J connectivity index is 2.27. The van der Waals surface area contributed by atoms with E-state index in [1.165, 1.54) is 24.3 Å². The Kier molecular flexibility index (Phi) is 6.18. The van der Waals surface area contributed by atoms with Gasteiger partial charge in [0.25, 0.3) is 0 Å². The fraction of sp³-hybridized carbons (Fsp3) is 0.786. The van der Waals surface area contributed by atoms with Crippen LogP contribution in [-0.2, 0) is 4.79 Å². The fourth-order valence-corrected chi connectivity index (χ4v) is 3.31. The summed E-state index contributed by atoms with van der Waals surface area (Å²) < 4.78 is 0. The first-order valence-electron chi connectivity index (χ1n) is 6.42. The first kappa shape index (κ1) is 13.8. The maximum absolute atomic E-state index is 11.6. The Labute approximate surface area is 104 Å². The maximum Gasteiger partial charge on any atom is 0.158 e. The van der Waals surface area contributed by atoms with Crippen molar-refractivity contribution in [2.24, 2.45) is 11.8 Å². The van der Waals surface area contributed by atoms with Crippen molar-refractivity contribution >= 4 is 17.5 Å². The number of carbonyl (C=O) groups excluding carboxylic acids is 1. The largest absolute Gasteiger partial charge is 0.295 e. The van der Waals surface area contributed by atoms with Crippen LogP contribution in [0.25, 0.3) is 0 Å². The first-order valence-corrected chi connectivity index (χ1v) is 7.58. The standard InChI is InChI=1S/C14H24OS/c1-4-5-8-16-10-12(3)13-7-6-11(2)14(15)9-13/h6,12-13H,4-5,7-10H2,1-3H3. The third kappa shape index (κ3) is 4.32. The van der Waals surface area contributed by atoms with E-state index in [2.05, 4.69) is 19.9 Å². The van der Waals surface area contributed by atoms with Gasteiger partial charge in [-0.05, 0) is 48.7 Å². The molecular formula is C14H24OS. The van der Waals surface area contributed by atoms with Gasteiger partial charge in [0, 0.05) is 6.42 Å². The number of allylic oxidation sites excluding steroid dienone is 2. The maximum atomic E-state index is 11.6. The van der Waals surface area contributed by atoms with Crippen LogP contribution in [0.15, 0.2) is 11.6 Å². The van der Waals surface area contributed by atoms with Crippen molar-refractivity contribution in [1.82, 2.24) is 0 Å². The molecule has 1 nitrogen and oxygen atoms in total. The molecule has 2 unspecified atom stereocenters. The van der Waals surface area contributed by atoms with Gasteiger partial charge >= 0.3 is 0 Å². The Morgan fingerprint density at radius 1 is 1.56 bits per heavy atom. The Bertz CT molecular complexity index is 257. The predicted molar refractivity (Wildman–Crippen MR) is 72.9 cm³/mol. The van der Waals surface area contributed by atoms with Crippen molar-refractivity contribution in [3.8, 4) is 0 Å². The van der Waals surface area contributed by atoms with Gasteiger partial charge < -0.3 is 0 Å². The number of carbonyl (C=O) groups is 1. The van der Waals surface area contributed by atoms with Crippen LogP contribution in [0.4, 0.5) is 0 Å². The Hall–Kier alpha value is -0.240. The number of rotatable bonds is 6. The van der Waals surface area contributed by atoms with Gasteiger partial charge in [0.2, 0.25) is 0 Å². The van der Waals surface area contributed by atoms with Gasteiger partial charge in [0.05, 0.1) is 0 Å². The number of unbranched alkanes of at least 4 members (excludes halogenated alkanes) is 1. The van der Waals surface area contributed by atoms with Gasteiger partial charge in [-0.3, -0.25) is 4.79 Å². The highest BCUT2D eigenvalue weighted by atomic mass is 32.2. The van der Waals surface area contributed by atoms with E-state index < -0.39 is 0 Å². The quantitative estimate of drug-likeness (QED) is 0.651. The van der Waals surface area contributed by atoms with E-state index >= 15 is 0 Å². The van der Waals surface area contributed by atoms with Crippen LogP contribution < -0.4 is 0 Å². The Morgan fingerprint density at radius 3 is 2.94 bits per heavy atom. The lowest BCUT2D eigenvalue weighted by molar-refractivity contribution is -0.117. The lowest BCUT2D eigenvalue weighted by atomic mass is 9.82. The van der Waals surface area contributed by atoms with Gasteiger partial charge in [-0.1, -0.05) is 26.3 Å². The lowest BCUT2D eigenvalue weighted by Crippen LogP contribution is -2.21. The van der Waals surface area contributed by atoms with Crippen LogP contribution >= 0.6 is 11.8 Å². The van der Waals surface area contributed by atoms with E-state index in [9.17, 15) is 4.79 Å². The molecule has 0 N–H and O–H groups in total. The van der Waals surface area contributed by atoms with Crippen LogP contribution in [0.5, 0.6) is 0 Å². The van der Waals surface area contributed by atoms with Crippen molar-refractivity contribution in [3.63, 3.8) is 0 Å². The molecule has 2 atom stereocenters. The summed E-state index contributed by atoms with van der Waals surface area (Å²) in [7, 11) is 0. The minimum absolute atomic E-state index is 0.363. The van der Waals surface area contributed by atoms with E-state index in [1.807, 2.05) is 18.7 Å². The molecule has 1 aliphatic rings. The summed E-state index contributed by atoms with van der Waals surface area (Å²) in [4.78, 5) is 11.6. The molecule has 1 rings (SSSR count). The number of Topliss-reactive ketones (excluding diaryl/α,β-unsaturated/α-hetero) is 1. The molecule has 0 aromatic heterocycles. The summed E-state index contributed by atoms with van der Waals surface area (Å²) >= 11 is 2.05. The summed E-state index contributed by atoms with van der Waals surface area (Å²) in [5.74, 6) is 4.11. The zero-order valence-electron chi connectivity index (χ0n) is 10.8. The van der Waals surface area contributed by atoms with Crippen LogP contribution in [0.3, 0.4) is 0 Å². The van der Waals surface area contributed by atoms with Crippen LogP contribution in [0.1, 0.15) is 46.5 Å². The first-order chi connectivity index (χ1) is 7.65. The summed E-state index contributed by atoms with van der Waals surface area (Å²) in [6.45, 7) is 6.47. The second-order valence-corrected chi connectivity index (χ2v) is 6.07. The predicted octanol–water partition coefficient (Wildman–Crippen LogP) is 4.08. The summed E-state index contributed by atoms with van der Waals surface area (Å²) in [6.07, 6.45) is 6.61. The molecule has 0 spiro atoms. The molecule has 0 bridgehead atoms. The van der Waals surface area contributed by atoms with Crippen molar-refractivity contribution in [2.45, 2.75) is 46.5 Å². The smallest absolute Gasteiger partial charge is 0.158 e. The van der Waals surface area contributed by atoms with Gasteiger partial charge in [0.1, 0.15) is 0 Å². The summed E-state index contributed by atoms with van der Waals surface area (Å²) in [6, 6.07) is 0. The van der Waals surface area contributed by atoms with E-state index in [-0.39, 0.29) is 0 Å². The molecule has 0 aliphatic heterocycles. The molecule has 16 heavy (non-hydrogen) atoms. The molecule has 0 fully saturated rings. The molecule has 0 aromatic rings. The minimum atomic E-state index is 0.363. The van der Waals surface area contributed by atoms with E-state index in [4.69, 9.17) is 0 Å². The monoisotopic (exact) mass is 240 g/mol. The van der Waals surface area contributed by atoms with Crippen LogP contribution in [0.2, 0.25) is 0 Å². The molecular weight excluding hydrogens is 216 g/mol. The van der Waals surface area contributed by atoms with Crippen LogP contribution in [-0.4, -0.2) is 17.3 Å². The van der Waals surface area contributed by atoms with E-state index in [0.717, 1.165) is 18.4 Å². The number of hydrogen-bond acceptors (Lipinski definition) is 2. The average molecular weight is 240 g/mol. The highest BCUT2D eigenvalue weighted by Gasteiger charge is 2.23. The number of thioether (sulfide) groups is 1. The van der Waals surface area contributed by atoms with E-state index in [0.29, 0.717) is 17.6 Å². The average Bonchev–Trinajstić information content (AvgIpc) is 2.28. The molecule has 0 heterocycles. The summed E-state index contributed by atoms with van der Waals surface area (Å²) in [5.41, 5.74) is 0.974. The SMILES string of the molecule is CCCCSCC(C)C1CC=C(C)C(=O)C1. The van der Waals surface area contributed by atoms with Crippen molar-refractivity contribution in [3.05, 3.63) is 11.6 Å². The molecule has 0 saturated heterocycles. The molecule has 1 aliphatic carbocycles. The van der Waals surface area contributed by atoms with Crippen molar-refractivity contribution in [2.75, 3.05) is 11.5 Å². The molecule has 0 amide bonds. The van der Waals surface area contributed by atoms with Crippen molar-refractivity contribution in [1.29, 1.82) is 0 Å². The fourth-order valence-electron chi connectivity index (χ4n) is 2.01. The zero-order chi connectivity index (χ0) is 12.0. The molecule has 0 aromatic carbocycles. The zero-order valence-corrected chi connectivity index (χ0v) is 11.6. The summed E-state index contributed by atoms with van der Waals surface area (Å²) in [5, 5.41) is 0. The second-order valence-electron chi connectivity index (χ2n) is 4.92. The Morgan fingerprint density at radius 2 is 2.31 bits per heavy atom. The van der Waals surface area contributed by atoms with E-state index in [1.54, 1.807) is 0 Å². The molecule has 2 heteroatoms. The van der Waals surface area contributed by atoms with Gasteiger partial charge in [0.15, 0.2) is 5.78 Å². The molecule has 0 saturated carbocycles. The van der Waals surface area contributed by atoms with Gasteiger partial charge in [-0.2, -0.15) is 11.8 Å².